The number of nitrogens with one attached hydrogen (secondary N) is 1. The summed E-state index contributed by atoms with van der Waals surface area (Å²) in [6, 6.07) is 19.7. The molecule has 0 aliphatic carbocycles. The Balaban J connectivity index is 2.00. The molecular weight excluding hydrogens is 486 g/mol. The van der Waals surface area contributed by atoms with Crippen LogP contribution < -0.4 is 5.32 Å². The Hall–Kier alpha value is -2.89. The van der Waals surface area contributed by atoms with E-state index in [0.29, 0.717) is 27.6 Å². The molecule has 7 heteroatoms. The van der Waals surface area contributed by atoms with Crippen molar-refractivity contribution in [3.05, 3.63) is 105 Å². The number of carbonyl (C=O) groups is 2. The van der Waals surface area contributed by atoms with Crippen molar-refractivity contribution in [3.8, 4) is 0 Å². The van der Waals surface area contributed by atoms with Crippen LogP contribution in [0.2, 0.25) is 10.0 Å². The molecule has 1 N–H and O–H groups in total. The van der Waals surface area contributed by atoms with Crippen molar-refractivity contribution in [2.45, 2.75) is 51.7 Å². The van der Waals surface area contributed by atoms with Gasteiger partial charge in [-0.15, -0.1) is 0 Å². The van der Waals surface area contributed by atoms with Gasteiger partial charge in [0.1, 0.15) is 11.9 Å². The highest BCUT2D eigenvalue weighted by Gasteiger charge is 2.31. The predicted octanol–water partition coefficient (Wildman–Crippen LogP) is 6.23. The molecule has 0 heterocycles. The van der Waals surface area contributed by atoms with Crippen molar-refractivity contribution in [2.24, 2.45) is 0 Å². The van der Waals surface area contributed by atoms with Crippen LogP contribution in [-0.4, -0.2) is 28.8 Å². The van der Waals surface area contributed by atoms with E-state index < -0.39 is 6.04 Å². The Morgan fingerprint density at radius 3 is 2.14 bits per heavy atom. The van der Waals surface area contributed by atoms with Crippen LogP contribution in [0, 0.1) is 5.82 Å². The summed E-state index contributed by atoms with van der Waals surface area (Å²) < 4.78 is 13.5. The molecule has 0 unspecified atom stereocenters. The molecule has 3 rings (SSSR count). The zero-order chi connectivity index (χ0) is 25.4. The fraction of sp³-hybridized carbons (Fsp3) is 0.286. The summed E-state index contributed by atoms with van der Waals surface area (Å²) >= 11 is 12.7. The first-order valence-electron chi connectivity index (χ1n) is 11.6. The van der Waals surface area contributed by atoms with Crippen LogP contribution in [0.4, 0.5) is 4.39 Å². The molecule has 2 amide bonds. The van der Waals surface area contributed by atoms with Gasteiger partial charge in [0.2, 0.25) is 11.8 Å². The first-order valence-corrected chi connectivity index (χ1v) is 12.3. The number of rotatable bonds is 10. The molecule has 2 atom stereocenters. The van der Waals surface area contributed by atoms with E-state index >= 15 is 0 Å². The van der Waals surface area contributed by atoms with Gasteiger partial charge in [0.15, 0.2) is 0 Å². The third-order valence-electron chi connectivity index (χ3n) is 5.93. The topological polar surface area (TPSA) is 49.4 Å². The van der Waals surface area contributed by atoms with Gasteiger partial charge in [-0.1, -0.05) is 78.7 Å². The van der Waals surface area contributed by atoms with Crippen molar-refractivity contribution in [1.29, 1.82) is 0 Å². The van der Waals surface area contributed by atoms with Gasteiger partial charge in [-0.05, 0) is 54.3 Å². The minimum absolute atomic E-state index is 0.0541. The van der Waals surface area contributed by atoms with Gasteiger partial charge >= 0.3 is 0 Å². The first-order chi connectivity index (χ1) is 16.8. The first kappa shape index (κ1) is 26.7. The third kappa shape index (κ3) is 7.55. The summed E-state index contributed by atoms with van der Waals surface area (Å²) in [6.45, 7) is 4.04. The number of hydrogen-bond acceptors (Lipinski definition) is 2. The standard InChI is InChI=1S/C28H29Cl2FN2O2/c1-3-19(2)32-28(35)26(16-20-8-5-4-6-9-20)33(18-21-12-14-22(31)15-13-21)27(34)17-23-24(29)10-7-11-25(23)30/h4-15,19,26H,3,16-18H2,1-2H3,(H,32,35)/t19-,26-/m1/s1. The summed E-state index contributed by atoms with van der Waals surface area (Å²) in [5.74, 6) is -0.918. The Morgan fingerprint density at radius 2 is 1.54 bits per heavy atom. The van der Waals surface area contributed by atoms with Crippen molar-refractivity contribution in [1.82, 2.24) is 10.2 Å². The summed E-state index contributed by atoms with van der Waals surface area (Å²) in [5, 5.41) is 3.79. The molecule has 0 aliphatic rings. The predicted molar refractivity (Wildman–Crippen MR) is 139 cm³/mol. The summed E-state index contributed by atoms with van der Waals surface area (Å²) in [6.07, 6.45) is 1.01. The molecule has 4 nitrogen and oxygen atoms in total. The molecule has 3 aromatic carbocycles. The Labute approximate surface area is 216 Å². The van der Waals surface area contributed by atoms with Crippen LogP contribution >= 0.6 is 23.2 Å². The molecule has 35 heavy (non-hydrogen) atoms. The zero-order valence-corrected chi connectivity index (χ0v) is 21.3. The average Bonchev–Trinajstić information content (AvgIpc) is 2.85. The molecule has 0 saturated carbocycles. The molecule has 0 fully saturated rings. The van der Waals surface area contributed by atoms with Crippen LogP contribution in [0.5, 0.6) is 0 Å². The monoisotopic (exact) mass is 514 g/mol. The lowest BCUT2D eigenvalue weighted by molar-refractivity contribution is -0.141. The Bertz CT molecular complexity index is 1120. The van der Waals surface area contributed by atoms with E-state index in [2.05, 4.69) is 5.32 Å². The molecule has 0 radical (unpaired) electrons. The van der Waals surface area contributed by atoms with E-state index in [0.717, 1.165) is 12.0 Å². The summed E-state index contributed by atoms with van der Waals surface area (Å²) in [5.41, 5.74) is 2.13. The molecule has 0 aromatic heterocycles. The van der Waals surface area contributed by atoms with E-state index in [-0.39, 0.29) is 36.6 Å². The van der Waals surface area contributed by atoms with Gasteiger partial charge in [-0.2, -0.15) is 0 Å². The molecule has 184 valence electrons. The molecule has 0 aliphatic heterocycles. The lowest BCUT2D eigenvalue weighted by Gasteiger charge is -2.32. The number of amides is 2. The quantitative estimate of drug-likeness (QED) is 0.348. The van der Waals surface area contributed by atoms with Crippen LogP contribution in [0.25, 0.3) is 0 Å². The summed E-state index contributed by atoms with van der Waals surface area (Å²) in [7, 11) is 0. The van der Waals surface area contributed by atoms with Gasteiger partial charge in [-0.25, -0.2) is 4.39 Å². The van der Waals surface area contributed by atoms with E-state index in [4.69, 9.17) is 23.2 Å². The maximum absolute atomic E-state index is 13.7. The smallest absolute Gasteiger partial charge is 0.243 e. The normalized spacial score (nSPS) is 12.6. The highest BCUT2D eigenvalue weighted by atomic mass is 35.5. The number of hydrogen-bond donors (Lipinski definition) is 1. The Morgan fingerprint density at radius 1 is 0.914 bits per heavy atom. The largest absolute Gasteiger partial charge is 0.352 e. The number of benzene rings is 3. The van der Waals surface area contributed by atoms with E-state index in [1.165, 1.54) is 17.0 Å². The van der Waals surface area contributed by atoms with Gasteiger partial charge < -0.3 is 10.2 Å². The Kier molecular flexibility index (Phi) is 9.70. The lowest BCUT2D eigenvalue weighted by Crippen LogP contribution is -2.52. The van der Waals surface area contributed by atoms with Crippen molar-refractivity contribution in [2.75, 3.05) is 0 Å². The number of halogens is 3. The fourth-order valence-electron chi connectivity index (χ4n) is 3.74. The van der Waals surface area contributed by atoms with Crippen LogP contribution in [0.1, 0.15) is 37.0 Å². The van der Waals surface area contributed by atoms with Crippen molar-refractivity contribution < 1.29 is 14.0 Å². The number of carbonyl (C=O) groups excluding carboxylic acids is 2. The average molecular weight is 515 g/mol. The maximum Gasteiger partial charge on any atom is 0.243 e. The van der Waals surface area contributed by atoms with Gasteiger partial charge in [0, 0.05) is 29.1 Å². The number of nitrogens with zero attached hydrogens (tertiary/aromatic N) is 1. The van der Waals surface area contributed by atoms with Crippen LogP contribution in [-0.2, 0) is 29.0 Å². The second kappa shape index (κ2) is 12.7. The van der Waals surface area contributed by atoms with E-state index in [9.17, 15) is 14.0 Å². The van der Waals surface area contributed by atoms with Gasteiger partial charge in [0.05, 0.1) is 6.42 Å². The fourth-order valence-corrected chi connectivity index (χ4v) is 4.27. The SMILES string of the molecule is CC[C@@H](C)NC(=O)[C@@H](Cc1ccccc1)N(Cc1ccc(F)cc1)C(=O)Cc1c(Cl)cccc1Cl. The molecule has 0 spiro atoms. The highest BCUT2D eigenvalue weighted by Crippen LogP contribution is 2.26. The lowest BCUT2D eigenvalue weighted by atomic mass is 10.0. The van der Waals surface area contributed by atoms with E-state index in [1.54, 1.807) is 30.3 Å². The molecule has 0 bridgehead atoms. The van der Waals surface area contributed by atoms with Gasteiger partial charge in [-0.3, -0.25) is 9.59 Å². The second-order valence-corrected chi connectivity index (χ2v) is 9.36. The van der Waals surface area contributed by atoms with Gasteiger partial charge in [0.25, 0.3) is 0 Å². The van der Waals surface area contributed by atoms with Crippen molar-refractivity contribution in [3.63, 3.8) is 0 Å². The zero-order valence-electron chi connectivity index (χ0n) is 19.8. The highest BCUT2D eigenvalue weighted by molar-refractivity contribution is 6.36. The third-order valence-corrected chi connectivity index (χ3v) is 6.64. The maximum atomic E-state index is 13.7. The summed E-state index contributed by atoms with van der Waals surface area (Å²) in [4.78, 5) is 28.8. The van der Waals surface area contributed by atoms with E-state index in [1.807, 2.05) is 44.2 Å². The second-order valence-electron chi connectivity index (χ2n) is 8.55. The molecular formula is C28H29Cl2FN2O2. The van der Waals surface area contributed by atoms with Crippen molar-refractivity contribution >= 4 is 35.0 Å². The van der Waals surface area contributed by atoms with Crippen LogP contribution in [0.15, 0.2) is 72.8 Å². The van der Waals surface area contributed by atoms with Crippen LogP contribution in [0.3, 0.4) is 0 Å². The minimum atomic E-state index is -0.787. The molecule has 0 saturated heterocycles. The molecule has 3 aromatic rings. The minimum Gasteiger partial charge on any atom is -0.352 e.